The molecule has 2 rings (SSSR count). The first-order valence-corrected chi connectivity index (χ1v) is 9.34. The van der Waals surface area contributed by atoms with Gasteiger partial charge in [0, 0.05) is 10.7 Å². The number of methoxy groups -OCH3 is 1. The number of ether oxygens (including phenoxy) is 1. The Morgan fingerprint density at radius 3 is 2.46 bits per heavy atom. The van der Waals surface area contributed by atoms with Crippen LogP contribution in [0.15, 0.2) is 22.8 Å². The summed E-state index contributed by atoms with van der Waals surface area (Å²) in [7, 11) is -4.97. The second kappa shape index (κ2) is 7.36. The third-order valence-electron chi connectivity index (χ3n) is 3.53. The maximum atomic E-state index is 12.8. The maximum Gasteiger partial charge on any atom is 0.534 e. The molecule has 0 bridgehead atoms. The fraction of sp³-hybridized carbons (Fsp3) is 0.200. The summed E-state index contributed by atoms with van der Waals surface area (Å²) in [5.41, 5.74) is -0.737. The van der Waals surface area contributed by atoms with Gasteiger partial charge in [-0.15, -0.1) is 0 Å². The molecule has 0 saturated heterocycles. The van der Waals surface area contributed by atoms with Crippen molar-refractivity contribution in [3.8, 4) is 17.5 Å². The molecule has 0 radical (unpaired) electrons. The third kappa shape index (κ3) is 3.78. The molecule has 0 aliphatic carbocycles. The first-order chi connectivity index (χ1) is 12.8. The predicted octanol–water partition coefficient (Wildman–Crippen LogP) is 3.02. The standard InChI is InChI=1S/C15H11BrF3N3O5S/c1-7-3-11(27-28(24,25)15(17,18)19)10(4-9(7)16)22-6-8(5-20)12(21)13(22)14(23)26-2/h3-4,6H,21H2,1-2H3. The van der Waals surface area contributed by atoms with Crippen molar-refractivity contribution in [3.05, 3.63) is 39.6 Å². The van der Waals surface area contributed by atoms with Crippen LogP contribution in [0.1, 0.15) is 21.6 Å². The molecule has 2 N–H and O–H groups in total. The lowest BCUT2D eigenvalue weighted by Crippen LogP contribution is -2.28. The van der Waals surface area contributed by atoms with Gasteiger partial charge in [-0.05, 0) is 24.6 Å². The third-order valence-corrected chi connectivity index (χ3v) is 5.35. The summed E-state index contributed by atoms with van der Waals surface area (Å²) in [6, 6.07) is 3.95. The summed E-state index contributed by atoms with van der Waals surface area (Å²) >= 11 is 3.16. The molecule has 1 heterocycles. The van der Waals surface area contributed by atoms with Crippen LogP contribution in [0.5, 0.6) is 5.75 Å². The van der Waals surface area contributed by atoms with Crippen LogP contribution in [-0.4, -0.2) is 31.6 Å². The minimum absolute atomic E-state index is 0.179. The van der Waals surface area contributed by atoms with E-state index >= 15 is 0 Å². The van der Waals surface area contributed by atoms with E-state index in [0.29, 0.717) is 10.0 Å². The van der Waals surface area contributed by atoms with E-state index in [9.17, 15) is 26.4 Å². The molecular weight excluding hydrogens is 471 g/mol. The Bertz CT molecular complexity index is 1100. The molecular formula is C15H11BrF3N3O5S. The molecule has 0 spiro atoms. The minimum atomic E-state index is -6.00. The fourth-order valence-electron chi connectivity index (χ4n) is 2.17. The van der Waals surface area contributed by atoms with Crippen molar-refractivity contribution < 1.29 is 35.3 Å². The lowest BCUT2D eigenvalue weighted by Gasteiger charge is -2.16. The Morgan fingerprint density at radius 2 is 1.96 bits per heavy atom. The van der Waals surface area contributed by atoms with Gasteiger partial charge in [-0.1, -0.05) is 15.9 Å². The molecule has 2 aromatic rings. The number of alkyl halides is 3. The van der Waals surface area contributed by atoms with Crippen molar-refractivity contribution in [2.45, 2.75) is 12.4 Å². The number of carbonyl (C=O) groups is 1. The lowest BCUT2D eigenvalue weighted by molar-refractivity contribution is -0.0500. The molecule has 1 aromatic carbocycles. The molecule has 13 heteroatoms. The molecule has 1 aromatic heterocycles. The number of nitrogen functional groups attached to an aromatic ring is 1. The Hall–Kier alpha value is -2.72. The number of nitriles is 1. The average Bonchev–Trinajstić information content (AvgIpc) is 2.92. The van der Waals surface area contributed by atoms with Gasteiger partial charge in [0.15, 0.2) is 11.4 Å². The van der Waals surface area contributed by atoms with E-state index in [1.807, 2.05) is 0 Å². The number of nitrogens with two attached hydrogens (primary N) is 1. The Labute approximate surface area is 165 Å². The lowest BCUT2D eigenvalue weighted by atomic mass is 10.2. The highest BCUT2D eigenvalue weighted by atomic mass is 79.9. The van der Waals surface area contributed by atoms with E-state index in [-0.39, 0.29) is 22.6 Å². The largest absolute Gasteiger partial charge is 0.534 e. The van der Waals surface area contributed by atoms with Crippen molar-refractivity contribution in [3.63, 3.8) is 0 Å². The van der Waals surface area contributed by atoms with Gasteiger partial charge >= 0.3 is 21.6 Å². The van der Waals surface area contributed by atoms with Crippen LogP contribution in [0.3, 0.4) is 0 Å². The van der Waals surface area contributed by atoms with E-state index in [4.69, 9.17) is 11.0 Å². The summed E-state index contributed by atoms with van der Waals surface area (Å²) in [5.74, 6) is -1.73. The van der Waals surface area contributed by atoms with Crippen LogP contribution in [-0.2, 0) is 14.9 Å². The van der Waals surface area contributed by atoms with Gasteiger partial charge in [-0.3, -0.25) is 0 Å². The van der Waals surface area contributed by atoms with Gasteiger partial charge in [0.05, 0.1) is 24.0 Å². The number of aryl methyl sites for hydroxylation is 1. The Morgan fingerprint density at radius 1 is 1.36 bits per heavy atom. The fourth-order valence-corrected chi connectivity index (χ4v) is 2.97. The van der Waals surface area contributed by atoms with E-state index in [1.54, 1.807) is 6.07 Å². The second-order valence-corrected chi connectivity index (χ2v) is 7.72. The SMILES string of the molecule is COC(=O)c1c(N)c(C#N)cn1-c1cc(Br)c(C)cc1OS(=O)(=O)C(F)(F)F. The number of hydrogen-bond donors (Lipinski definition) is 1. The van der Waals surface area contributed by atoms with Crippen molar-refractivity contribution >= 4 is 37.7 Å². The van der Waals surface area contributed by atoms with Crippen LogP contribution in [0.25, 0.3) is 5.69 Å². The topological polar surface area (TPSA) is 124 Å². The predicted molar refractivity (Wildman–Crippen MR) is 94.3 cm³/mol. The minimum Gasteiger partial charge on any atom is -0.464 e. The summed E-state index contributed by atoms with van der Waals surface area (Å²) in [4.78, 5) is 12.1. The van der Waals surface area contributed by atoms with Crippen LogP contribution in [0, 0.1) is 18.3 Å². The molecule has 150 valence electrons. The first kappa shape index (κ1) is 21.6. The number of aromatic nitrogens is 1. The molecule has 0 atom stereocenters. The van der Waals surface area contributed by atoms with Crippen LogP contribution < -0.4 is 9.92 Å². The normalized spacial score (nSPS) is 11.8. The van der Waals surface area contributed by atoms with Gasteiger partial charge < -0.3 is 19.2 Å². The van der Waals surface area contributed by atoms with Crippen LogP contribution in [0.4, 0.5) is 18.9 Å². The Kier molecular flexibility index (Phi) is 5.67. The molecule has 0 saturated carbocycles. The van der Waals surface area contributed by atoms with Crippen LogP contribution in [0.2, 0.25) is 0 Å². The van der Waals surface area contributed by atoms with Crippen molar-refractivity contribution in [1.29, 1.82) is 5.26 Å². The van der Waals surface area contributed by atoms with E-state index < -0.39 is 27.3 Å². The van der Waals surface area contributed by atoms with Crippen molar-refractivity contribution in [1.82, 2.24) is 4.57 Å². The number of hydrogen-bond acceptors (Lipinski definition) is 7. The average molecular weight is 482 g/mol. The number of halogens is 4. The van der Waals surface area contributed by atoms with Crippen LogP contribution >= 0.6 is 15.9 Å². The molecule has 0 aliphatic heterocycles. The zero-order chi connectivity index (χ0) is 21.4. The highest BCUT2D eigenvalue weighted by molar-refractivity contribution is 9.10. The van der Waals surface area contributed by atoms with Crippen molar-refractivity contribution in [2.75, 3.05) is 12.8 Å². The van der Waals surface area contributed by atoms with Crippen molar-refractivity contribution in [2.24, 2.45) is 0 Å². The quantitative estimate of drug-likeness (QED) is 0.404. The molecule has 0 aliphatic rings. The number of carbonyl (C=O) groups excluding carboxylic acids is 1. The molecule has 0 unspecified atom stereocenters. The zero-order valence-corrected chi connectivity index (χ0v) is 16.6. The number of nitrogens with zero attached hydrogens (tertiary/aromatic N) is 2. The summed E-state index contributed by atoms with van der Waals surface area (Å²) in [5, 5.41) is 9.14. The number of rotatable bonds is 4. The number of esters is 1. The molecule has 28 heavy (non-hydrogen) atoms. The van der Waals surface area contributed by atoms with Gasteiger partial charge in [-0.25, -0.2) is 4.79 Å². The maximum absolute atomic E-state index is 12.8. The molecule has 0 fully saturated rings. The summed E-state index contributed by atoms with van der Waals surface area (Å²) in [6.07, 6.45) is 1.05. The van der Waals surface area contributed by atoms with E-state index in [1.165, 1.54) is 13.0 Å². The first-order valence-electron chi connectivity index (χ1n) is 7.14. The van der Waals surface area contributed by atoms with E-state index in [2.05, 4.69) is 24.8 Å². The highest BCUT2D eigenvalue weighted by Crippen LogP contribution is 2.36. The molecule has 8 nitrogen and oxygen atoms in total. The zero-order valence-electron chi connectivity index (χ0n) is 14.2. The second-order valence-electron chi connectivity index (χ2n) is 5.33. The summed E-state index contributed by atoms with van der Waals surface area (Å²) in [6.45, 7) is 1.48. The van der Waals surface area contributed by atoms with Gasteiger partial charge in [0.2, 0.25) is 0 Å². The Balaban J connectivity index is 2.83. The van der Waals surface area contributed by atoms with Gasteiger partial charge in [0.25, 0.3) is 0 Å². The number of benzene rings is 1. The smallest absolute Gasteiger partial charge is 0.464 e. The monoisotopic (exact) mass is 481 g/mol. The summed E-state index contributed by atoms with van der Waals surface area (Å²) < 4.78 is 71.3. The van der Waals surface area contributed by atoms with Gasteiger partial charge in [0.1, 0.15) is 6.07 Å². The molecule has 0 amide bonds. The number of anilines is 1. The van der Waals surface area contributed by atoms with E-state index in [0.717, 1.165) is 23.9 Å². The van der Waals surface area contributed by atoms with Gasteiger partial charge in [-0.2, -0.15) is 26.9 Å². The highest BCUT2D eigenvalue weighted by Gasteiger charge is 2.49.